The fraction of sp³-hybridized carbons (Fsp3) is 0. The van der Waals surface area contributed by atoms with Crippen LogP contribution in [0.4, 0.5) is 11.4 Å². The third-order valence-corrected chi connectivity index (χ3v) is 2.69. The summed E-state index contributed by atoms with van der Waals surface area (Å²) in [7, 11) is 0. The lowest BCUT2D eigenvalue weighted by Crippen LogP contribution is -2.02. The normalized spacial score (nSPS) is 8.75. The number of halogens is 2. The molecule has 9 heteroatoms. The molecule has 0 radical (unpaired) electrons. The van der Waals surface area contributed by atoms with Crippen molar-refractivity contribution < 1.29 is 4.92 Å². The molecule has 0 saturated heterocycles. The van der Waals surface area contributed by atoms with Gasteiger partial charge in [-0.25, -0.2) is 0 Å². The first-order valence-electron chi connectivity index (χ1n) is 4.79. The van der Waals surface area contributed by atoms with Crippen molar-refractivity contribution in [2.75, 3.05) is 5.32 Å². The molecule has 0 aliphatic carbocycles. The van der Waals surface area contributed by atoms with E-state index in [1.165, 1.54) is 12.1 Å². The van der Waals surface area contributed by atoms with Crippen molar-refractivity contribution in [3.63, 3.8) is 0 Å². The number of nitriles is 3. The molecule has 1 N–H and O–H groups in total. The largest absolute Gasteiger partial charge is 0.344 e. The van der Waals surface area contributed by atoms with Crippen molar-refractivity contribution in [3.05, 3.63) is 43.6 Å². The lowest BCUT2D eigenvalue weighted by atomic mass is 10.2. The SMILES string of the molecule is N#CC(C#N)=C(C#N)Nc1cc(Cl)c([N+](=O)[O-])cc1Cl. The Morgan fingerprint density at radius 2 is 1.75 bits per heavy atom. The predicted octanol–water partition coefficient (Wildman–Crippen LogP) is 3.14. The smallest absolute Gasteiger partial charge is 0.289 e. The van der Waals surface area contributed by atoms with Crippen molar-refractivity contribution in [2.45, 2.75) is 0 Å². The highest BCUT2D eigenvalue weighted by Gasteiger charge is 2.17. The molecule has 98 valence electrons. The minimum Gasteiger partial charge on any atom is -0.344 e. The van der Waals surface area contributed by atoms with E-state index in [0.717, 1.165) is 12.1 Å². The Balaban J connectivity index is 3.32. The zero-order valence-electron chi connectivity index (χ0n) is 9.52. The maximum Gasteiger partial charge on any atom is 0.289 e. The van der Waals surface area contributed by atoms with Crippen LogP contribution in [0.5, 0.6) is 0 Å². The van der Waals surface area contributed by atoms with Gasteiger partial charge >= 0.3 is 0 Å². The first-order chi connectivity index (χ1) is 9.44. The second kappa shape index (κ2) is 6.40. The summed E-state index contributed by atoms with van der Waals surface area (Å²) in [6, 6.07) is 6.83. The number of nitro benzene ring substituents is 1. The number of benzene rings is 1. The molecule has 0 unspecified atom stereocenters. The average Bonchev–Trinajstić information content (AvgIpc) is 2.41. The van der Waals surface area contributed by atoms with E-state index in [1.54, 1.807) is 6.07 Å². The average molecular weight is 308 g/mol. The van der Waals surface area contributed by atoms with Gasteiger partial charge in [0.2, 0.25) is 0 Å². The molecular formula is C11H3Cl2N5O2. The fourth-order valence-electron chi connectivity index (χ4n) is 1.19. The second-order valence-electron chi connectivity index (χ2n) is 3.25. The number of rotatable bonds is 3. The molecule has 0 saturated carbocycles. The summed E-state index contributed by atoms with van der Waals surface area (Å²) >= 11 is 11.5. The molecular weight excluding hydrogens is 305 g/mol. The minimum atomic E-state index is -0.713. The zero-order chi connectivity index (χ0) is 15.3. The molecule has 0 aromatic heterocycles. The maximum absolute atomic E-state index is 10.7. The summed E-state index contributed by atoms with van der Waals surface area (Å²) in [6.45, 7) is 0. The monoisotopic (exact) mass is 307 g/mol. The molecule has 7 nitrogen and oxygen atoms in total. The first kappa shape index (κ1) is 15.3. The van der Waals surface area contributed by atoms with Crippen LogP contribution in [0.3, 0.4) is 0 Å². The van der Waals surface area contributed by atoms with E-state index in [0.29, 0.717) is 0 Å². The molecule has 0 heterocycles. The Labute approximate surface area is 123 Å². The van der Waals surface area contributed by atoms with Gasteiger partial charge in [0, 0.05) is 6.07 Å². The number of hydrogen-bond donors (Lipinski definition) is 1. The summed E-state index contributed by atoms with van der Waals surface area (Å²) in [5, 5.41) is 39.0. The molecule has 20 heavy (non-hydrogen) atoms. The van der Waals surface area contributed by atoms with Gasteiger partial charge in [0.05, 0.1) is 15.6 Å². The van der Waals surface area contributed by atoms with Gasteiger partial charge in [-0.15, -0.1) is 0 Å². The van der Waals surface area contributed by atoms with Gasteiger partial charge in [-0.05, 0) is 6.07 Å². The summed E-state index contributed by atoms with van der Waals surface area (Å²) in [4.78, 5) is 9.95. The van der Waals surface area contributed by atoms with Gasteiger partial charge in [-0.2, -0.15) is 15.8 Å². The van der Waals surface area contributed by atoms with E-state index in [-0.39, 0.29) is 21.4 Å². The Morgan fingerprint density at radius 1 is 1.15 bits per heavy atom. The highest BCUT2D eigenvalue weighted by atomic mass is 35.5. The van der Waals surface area contributed by atoms with Crippen LogP contribution < -0.4 is 5.32 Å². The van der Waals surface area contributed by atoms with Crippen molar-refractivity contribution in [1.29, 1.82) is 15.8 Å². The van der Waals surface area contributed by atoms with Crippen molar-refractivity contribution in [2.24, 2.45) is 0 Å². The number of anilines is 1. The van der Waals surface area contributed by atoms with Gasteiger partial charge in [0.1, 0.15) is 28.9 Å². The fourth-order valence-corrected chi connectivity index (χ4v) is 1.63. The summed E-state index contributed by atoms with van der Waals surface area (Å²) in [5.74, 6) is 0. The standard InChI is InChI=1S/C11H3Cl2N5O2/c12-7-2-11(18(19)20)8(13)1-9(7)17-10(5-16)6(3-14)4-15/h1-2,17H. The highest BCUT2D eigenvalue weighted by molar-refractivity contribution is 6.36. The lowest BCUT2D eigenvalue weighted by molar-refractivity contribution is -0.384. The Bertz CT molecular complexity index is 721. The van der Waals surface area contributed by atoms with E-state index in [1.807, 2.05) is 0 Å². The molecule has 0 amide bonds. The molecule has 0 aliphatic rings. The third kappa shape index (κ3) is 3.15. The Morgan fingerprint density at radius 3 is 2.20 bits per heavy atom. The molecule has 1 aromatic rings. The summed E-state index contributed by atoms with van der Waals surface area (Å²) in [5.41, 5.74) is -1.10. The number of nitrogens with one attached hydrogen (secondary N) is 1. The van der Waals surface area contributed by atoms with Crippen LogP contribution in [0.15, 0.2) is 23.4 Å². The lowest BCUT2D eigenvalue weighted by Gasteiger charge is -2.07. The topological polar surface area (TPSA) is 127 Å². The summed E-state index contributed by atoms with van der Waals surface area (Å²) < 4.78 is 0. The molecule has 0 aliphatic heterocycles. The predicted molar refractivity (Wildman–Crippen MR) is 70.6 cm³/mol. The van der Waals surface area contributed by atoms with Gasteiger partial charge in [0.15, 0.2) is 5.57 Å². The zero-order valence-corrected chi connectivity index (χ0v) is 11.0. The van der Waals surface area contributed by atoms with Crippen LogP contribution in [0.1, 0.15) is 0 Å². The van der Waals surface area contributed by atoms with Gasteiger partial charge in [-0.1, -0.05) is 23.2 Å². The number of nitrogens with zero attached hydrogens (tertiary/aromatic N) is 4. The second-order valence-corrected chi connectivity index (χ2v) is 4.07. The van der Waals surface area contributed by atoms with Crippen molar-refractivity contribution in [1.82, 2.24) is 0 Å². The van der Waals surface area contributed by atoms with E-state index < -0.39 is 16.2 Å². The number of allylic oxidation sites excluding steroid dienone is 2. The Hall–Kier alpha value is -2.79. The molecule has 0 bridgehead atoms. The minimum absolute atomic E-state index is 0.0711. The molecule has 0 spiro atoms. The Kier molecular flexibility index (Phi) is 4.88. The first-order valence-corrected chi connectivity index (χ1v) is 5.55. The maximum atomic E-state index is 10.7. The quantitative estimate of drug-likeness (QED) is 0.519. The van der Waals surface area contributed by atoms with Gasteiger partial charge < -0.3 is 5.32 Å². The van der Waals surface area contributed by atoms with Crippen LogP contribution >= 0.6 is 23.2 Å². The van der Waals surface area contributed by atoms with Crippen molar-refractivity contribution >= 4 is 34.6 Å². The van der Waals surface area contributed by atoms with E-state index in [9.17, 15) is 10.1 Å². The number of nitro groups is 1. The summed E-state index contributed by atoms with van der Waals surface area (Å²) in [6.07, 6.45) is 0. The van der Waals surface area contributed by atoms with Gasteiger partial charge in [-0.3, -0.25) is 10.1 Å². The van der Waals surface area contributed by atoms with Crippen LogP contribution in [0.2, 0.25) is 10.0 Å². The van der Waals surface area contributed by atoms with E-state index in [4.69, 9.17) is 39.0 Å². The van der Waals surface area contributed by atoms with Crippen LogP contribution in [-0.2, 0) is 0 Å². The van der Waals surface area contributed by atoms with Crippen LogP contribution in [0, 0.1) is 44.1 Å². The van der Waals surface area contributed by atoms with Crippen molar-refractivity contribution in [3.8, 4) is 18.2 Å². The van der Waals surface area contributed by atoms with Crippen LogP contribution in [-0.4, -0.2) is 4.92 Å². The van der Waals surface area contributed by atoms with E-state index in [2.05, 4.69) is 5.32 Å². The van der Waals surface area contributed by atoms with E-state index >= 15 is 0 Å². The van der Waals surface area contributed by atoms with Crippen LogP contribution in [0.25, 0.3) is 0 Å². The molecule has 0 atom stereocenters. The highest BCUT2D eigenvalue weighted by Crippen LogP contribution is 2.34. The number of hydrogen-bond acceptors (Lipinski definition) is 6. The molecule has 1 rings (SSSR count). The molecule has 0 fully saturated rings. The third-order valence-electron chi connectivity index (χ3n) is 2.08. The molecule has 1 aromatic carbocycles. The van der Waals surface area contributed by atoms with Gasteiger partial charge in [0.25, 0.3) is 5.69 Å².